The van der Waals surface area contributed by atoms with Gasteiger partial charge in [-0.2, -0.15) is 13.2 Å². The van der Waals surface area contributed by atoms with E-state index < -0.39 is 17.6 Å². The summed E-state index contributed by atoms with van der Waals surface area (Å²) in [5, 5.41) is 2.46. The van der Waals surface area contributed by atoms with E-state index in [0.29, 0.717) is 18.0 Å². The van der Waals surface area contributed by atoms with Gasteiger partial charge in [-0.25, -0.2) is 4.98 Å². The van der Waals surface area contributed by atoms with E-state index in [4.69, 9.17) is 16.3 Å². The number of fused-ring (bicyclic) bond motifs is 1. The highest BCUT2D eigenvalue weighted by Crippen LogP contribution is 2.33. The topological polar surface area (TPSA) is 55.6 Å². The fourth-order valence-corrected chi connectivity index (χ4v) is 2.89. The molecule has 0 bridgehead atoms. The Morgan fingerprint density at radius 2 is 1.96 bits per heavy atom. The Morgan fingerprint density at radius 1 is 1.30 bits per heavy atom. The van der Waals surface area contributed by atoms with Crippen LogP contribution >= 0.6 is 11.6 Å². The van der Waals surface area contributed by atoms with Crippen molar-refractivity contribution in [1.82, 2.24) is 9.38 Å². The fraction of sp³-hybridized carbons (Fsp3) is 0.222. The van der Waals surface area contributed by atoms with E-state index in [1.807, 2.05) is 6.92 Å². The van der Waals surface area contributed by atoms with Crippen LogP contribution in [0.5, 0.6) is 5.75 Å². The van der Waals surface area contributed by atoms with Crippen molar-refractivity contribution in [2.24, 2.45) is 0 Å². The molecule has 3 rings (SSSR count). The average Bonchev–Trinajstić information content (AvgIpc) is 2.93. The number of hydrogen-bond donors (Lipinski definition) is 1. The molecule has 0 aliphatic rings. The van der Waals surface area contributed by atoms with Crippen molar-refractivity contribution in [3.05, 3.63) is 58.5 Å². The van der Waals surface area contributed by atoms with Gasteiger partial charge in [0.15, 0.2) is 5.65 Å². The minimum Gasteiger partial charge on any atom is -0.494 e. The number of imidazole rings is 1. The number of halogens is 4. The van der Waals surface area contributed by atoms with Crippen molar-refractivity contribution in [1.29, 1.82) is 0 Å². The normalized spacial score (nSPS) is 11.6. The minimum absolute atomic E-state index is 0.0214. The van der Waals surface area contributed by atoms with Gasteiger partial charge in [0, 0.05) is 11.9 Å². The van der Waals surface area contributed by atoms with Gasteiger partial charge in [0.2, 0.25) is 0 Å². The van der Waals surface area contributed by atoms with Gasteiger partial charge in [-0.05, 0) is 44.2 Å². The van der Waals surface area contributed by atoms with Crippen LogP contribution in [-0.2, 0) is 6.18 Å². The van der Waals surface area contributed by atoms with Crippen LogP contribution in [0, 0.1) is 6.92 Å². The Kier molecular flexibility index (Phi) is 5.01. The SMILES string of the molecule is CCOc1ccc(NC(=O)c2c(C)nc3c(Cl)cc(C(F)(F)F)cn23)cc1. The van der Waals surface area contributed by atoms with Crippen LogP contribution in [0.3, 0.4) is 0 Å². The van der Waals surface area contributed by atoms with Crippen molar-refractivity contribution >= 4 is 28.8 Å². The largest absolute Gasteiger partial charge is 0.494 e. The molecule has 0 radical (unpaired) electrons. The van der Waals surface area contributed by atoms with Crippen LogP contribution in [0.15, 0.2) is 36.5 Å². The van der Waals surface area contributed by atoms with E-state index >= 15 is 0 Å². The smallest absolute Gasteiger partial charge is 0.417 e. The first-order valence-corrected chi connectivity index (χ1v) is 8.38. The first-order valence-electron chi connectivity index (χ1n) is 8.00. The number of ether oxygens (including phenoxy) is 1. The number of aryl methyl sites for hydroxylation is 1. The summed E-state index contributed by atoms with van der Waals surface area (Å²) in [6.45, 7) is 3.89. The molecule has 0 saturated heterocycles. The lowest BCUT2D eigenvalue weighted by atomic mass is 10.2. The van der Waals surface area contributed by atoms with Crippen LogP contribution in [0.1, 0.15) is 28.7 Å². The highest BCUT2D eigenvalue weighted by molar-refractivity contribution is 6.33. The molecule has 1 aromatic carbocycles. The molecule has 2 heterocycles. The molecule has 3 aromatic rings. The molecule has 0 saturated carbocycles. The lowest BCUT2D eigenvalue weighted by Gasteiger charge is -2.10. The Bertz CT molecular complexity index is 998. The third-order valence-corrected chi connectivity index (χ3v) is 4.09. The van der Waals surface area contributed by atoms with Gasteiger partial charge in [-0.3, -0.25) is 9.20 Å². The van der Waals surface area contributed by atoms with Crippen LogP contribution < -0.4 is 10.1 Å². The van der Waals surface area contributed by atoms with Crippen LogP contribution in [-0.4, -0.2) is 21.9 Å². The highest BCUT2D eigenvalue weighted by Gasteiger charge is 2.32. The number of benzene rings is 1. The van der Waals surface area contributed by atoms with Crippen molar-refractivity contribution in [3.63, 3.8) is 0 Å². The maximum absolute atomic E-state index is 13.1. The Labute approximate surface area is 157 Å². The van der Waals surface area contributed by atoms with E-state index in [0.717, 1.165) is 16.7 Å². The number of rotatable bonds is 4. The molecule has 2 aromatic heterocycles. The zero-order valence-electron chi connectivity index (χ0n) is 14.4. The summed E-state index contributed by atoms with van der Waals surface area (Å²) in [5.74, 6) is 0.0441. The molecular weight excluding hydrogens is 383 g/mol. The monoisotopic (exact) mass is 397 g/mol. The molecule has 0 fully saturated rings. The first-order chi connectivity index (χ1) is 12.7. The number of nitrogens with zero attached hydrogens (tertiary/aromatic N) is 2. The van der Waals surface area contributed by atoms with Gasteiger partial charge in [-0.15, -0.1) is 0 Å². The van der Waals surface area contributed by atoms with Crippen molar-refractivity contribution in [3.8, 4) is 5.75 Å². The van der Waals surface area contributed by atoms with Gasteiger partial charge in [0.1, 0.15) is 11.4 Å². The van der Waals surface area contributed by atoms with E-state index in [2.05, 4.69) is 10.3 Å². The molecule has 142 valence electrons. The number of carbonyl (C=O) groups is 1. The molecule has 1 N–H and O–H groups in total. The summed E-state index contributed by atoms with van der Waals surface area (Å²) in [4.78, 5) is 16.8. The van der Waals surface area contributed by atoms with Gasteiger partial charge in [-0.1, -0.05) is 11.6 Å². The number of carbonyl (C=O) groups excluding carboxylic acids is 1. The second-order valence-corrected chi connectivity index (χ2v) is 6.13. The van der Waals surface area contributed by atoms with Crippen LogP contribution in [0.4, 0.5) is 18.9 Å². The first kappa shape index (κ1) is 19.0. The highest BCUT2D eigenvalue weighted by atomic mass is 35.5. The predicted octanol–water partition coefficient (Wildman–Crippen LogP) is 4.97. The van der Waals surface area contributed by atoms with Gasteiger partial charge in [0.05, 0.1) is 22.9 Å². The molecule has 0 aliphatic carbocycles. The summed E-state index contributed by atoms with van der Waals surface area (Å²) in [5.41, 5.74) is -0.172. The minimum atomic E-state index is -4.60. The number of nitrogens with one attached hydrogen (secondary N) is 1. The average molecular weight is 398 g/mol. The lowest BCUT2D eigenvalue weighted by molar-refractivity contribution is -0.137. The lowest BCUT2D eigenvalue weighted by Crippen LogP contribution is -2.16. The number of amides is 1. The number of alkyl halides is 3. The van der Waals surface area contributed by atoms with Gasteiger partial charge in [0.25, 0.3) is 5.91 Å². The molecule has 5 nitrogen and oxygen atoms in total. The molecule has 0 atom stereocenters. The van der Waals surface area contributed by atoms with Crippen LogP contribution in [0.25, 0.3) is 5.65 Å². The number of hydrogen-bond acceptors (Lipinski definition) is 3. The maximum Gasteiger partial charge on any atom is 0.417 e. The molecule has 9 heteroatoms. The Hall–Kier alpha value is -2.74. The number of aromatic nitrogens is 2. The van der Waals surface area contributed by atoms with Crippen molar-refractivity contribution in [2.75, 3.05) is 11.9 Å². The Balaban J connectivity index is 1.98. The summed E-state index contributed by atoms with van der Waals surface area (Å²) in [7, 11) is 0. The van der Waals surface area contributed by atoms with E-state index in [-0.39, 0.29) is 22.1 Å². The second-order valence-electron chi connectivity index (χ2n) is 5.73. The van der Waals surface area contributed by atoms with Gasteiger partial charge < -0.3 is 10.1 Å². The number of anilines is 1. The second kappa shape index (κ2) is 7.11. The summed E-state index contributed by atoms with van der Waals surface area (Å²) >= 11 is 5.94. The van der Waals surface area contributed by atoms with Gasteiger partial charge >= 0.3 is 6.18 Å². The molecule has 0 unspecified atom stereocenters. The molecule has 27 heavy (non-hydrogen) atoms. The maximum atomic E-state index is 13.1. The third kappa shape index (κ3) is 3.85. The standard InChI is InChI=1S/C18H15ClF3N3O2/c1-3-27-13-6-4-12(5-7-13)24-17(26)15-10(2)23-16-14(19)8-11(9-25(15)16)18(20,21)22/h4-9H,3H2,1-2H3,(H,24,26). The third-order valence-electron chi connectivity index (χ3n) is 3.82. The summed E-state index contributed by atoms with van der Waals surface area (Å²) < 4.78 is 45.6. The summed E-state index contributed by atoms with van der Waals surface area (Å²) in [6, 6.07) is 7.42. The van der Waals surface area contributed by atoms with Crippen LogP contribution in [0.2, 0.25) is 5.02 Å². The predicted molar refractivity (Wildman–Crippen MR) is 95.5 cm³/mol. The van der Waals surface area contributed by atoms with E-state index in [9.17, 15) is 18.0 Å². The molecular formula is C18H15ClF3N3O2. The van der Waals surface area contributed by atoms with Crippen molar-refractivity contribution in [2.45, 2.75) is 20.0 Å². The van der Waals surface area contributed by atoms with E-state index in [1.54, 1.807) is 24.3 Å². The quantitative estimate of drug-likeness (QED) is 0.676. The van der Waals surface area contributed by atoms with E-state index in [1.165, 1.54) is 6.92 Å². The Morgan fingerprint density at radius 3 is 2.56 bits per heavy atom. The molecule has 0 aliphatic heterocycles. The fourth-order valence-electron chi connectivity index (χ4n) is 2.64. The molecule has 1 amide bonds. The number of pyridine rings is 1. The zero-order chi connectivity index (χ0) is 19.8. The summed E-state index contributed by atoms with van der Waals surface area (Å²) in [6.07, 6.45) is -3.78. The van der Waals surface area contributed by atoms with Crippen molar-refractivity contribution < 1.29 is 22.7 Å². The zero-order valence-corrected chi connectivity index (χ0v) is 15.1. The molecule has 0 spiro atoms.